The largest absolute Gasteiger partial charge is 0.296 e. The van der Waals surface area contributed by atoms with Gasteiger partial charge in [0.05, 0.1) is 0 Å². The maximum atomic E-state index is 3.57. The number of rotatable bonds is 3. The molecule has 92 valence electrons. The molecule has 0 aromatic heterocycles. The van der Waals surface area contributed by atoms with Crippen LogP contribution in [-0.2, 0) is 6.54 Å². The quantitative estimate of drug-likeness (QED) is 0.884. The molecule has 1 aliphatic rings. The van der Waals surface area contributed by atoms with Gasteiger partial charge in [0.1, 0.15) is 0 Å². The molecule has 18 heavy (non-hydrogen) atoms. The lowest BCUT2D eigenvalue weighted by Gasteiger charge is -2.14. The van der Waals surface area contributed by atoms with E-state index in [1.54, 1.807) is 0 Å². The monoisotopic (exact) mass is 238 g/mol. The van der Waals surface area contributed by atoms with Crippen molar-refractivity contribution in [2.45, 2.75) is 12.6 Å². The number of hydrogen-bond acceptors (Lipinski definition) is 2. The zero-order chi connectivity index (χ0) is 12.2. The fourth-order valence-electron chi connectivity index (χ4n) is 2.50. The van der Waals surface area contributed by atoms with Gasteiger partial charge in [-0.25, -0.2) is 0 Å². The molecule has 1 heterocycles. The van der Waals surface area contributed by atoms with Crippen molar-refractivity contribution in [1.82, 2.24) is 10.2 Å². The lowest BCUT2D eigenvalue weighted by atomic mass is 10.1. The molecule has 2 heteroatoms. The molecule has 0 spiro atoms. The van der Waals surface area contributed by atoms with Crippen LogP contribution in [0, 0.1) is 0 Å². The minimum absolute atomic E-state index is 0.468. The van der Waals surface area contributed by atoms with Gasteiger partial charge in [-0.2, -0.15) is 0 Å². The molecule has 1 saturated heterocycles. The van der Waals surface area contributed by atoms with Gasteiger partial charge in [0.15, 0.2) is 0 Å². The van der Waals surface area contributed by atoms with E-state index < -0.39 is 0 Å². The first-order chi connectivity index (χ1) is 8.92. The van der Waals surface area contributed by atoms with Gasteiger partial charge in [0, 0.05) is 25.8 Å². The van der Waals surface area contributed by atoms with E-state index in [4.69, 9.17) is 0 Å². The molecule has 0 radical (unpaired) electrons. The second-order valence-electron chi connectivity index (χ2n) is 4.82. The van der Waals surface area contributed by atoms with E-state index in [9.17, 15) is 0 Å². The smallest absolute Gasteiger partial charge is 0.0489 e. The molecule has 3 rings (SSSR count). The molecule has 2 aromatic rings. The molecule has 0 amide bonds. The summed E-state index contributed by atoms with van der Waals surface area (Å²) in [4.78, 5) is 2.45. The van der Waals surface area contributed by atoms with Crippen LogP contribution in [0.2, 0.25) is 0 Å². The molecule has 0 saturated carbocycles. The van der Waals surface area contributed by atoms with Crippen molar-refractivity contribution in [1.29, 1.82) is 0 Å². The fraction of sp³-hybridized carbons (Fsp3) is 0.250. The highest BCUT2D eigenvalue weighted by Gasteiger charge is 2.22. The summed E-state index contributed by atoms with van der Waals surface area (Å²) in [6, 6.07) is 21.8. The van der Waals surface area contributed by atoms with Crippen LogP contribution in [0.25, 0.3) is 0 Å². The predicted molar refractivity (Wildman–Crippen MR) is 74.0 cm³/mol. The van der Waals surface area contributed by atoms with Gasteiger partial charge in [0.25, 0.3) is 0 Å². The van der Waals surface area contributed by atoms with Crippen LogP contribution in [0.3, 0.4) is 0 Å². The SMILES string of the molecule is c1ccc(CN2CNC(c3ccccc3)C2)cc1. The molecular weight excluding hydrogens is 220 g/mol. The lowest BCUT2D eigenvalue weighted by molar-refractivity contribution is 0.323. The van der Waals surface area contributed by atoms with E-state index in [-0.39, 0.29) is 0 Å². The van der Waals surface area contributed by atoms with Crippen LogP contribution in [0.15, 0.2) is 60.7 Å². The van der Waals surface area contributed by atoms with Gasteiger partial charge in [-0.1, -0.05) is 60.7 Å². The number of nitrogens with zero attached hydrogens (tertiary/aromatic N) is 1. The Balaban J connectivity index is 1.62. The van der Waals surface area contributed by atoms with Gasteiger partial charge in [-0.3, -0.25) is 10.2 Å². The van der Waals surface area contributed by atoms with Crippen molar-refractivity contribution >= 4 is 0 Å². The summed E-state index contributed by atoms with van der Waals surface area (Å²) in [7, 11) is 0. The third kappa shape index (κ3) is 2.61. The Morgan fingerprint density at radius 2 is 1.61 bits per heavy atom. The standard InChI is InChI=1S/C16H18N2/c1-3-7-14(8-4-1)11-18-12-16(17-13-18)15-9-5-2-6-10-15/h1-10,16-17H,11-13H2. The molecule has 2 nitrogen and oxygen atoms in total. The molecule has 1 atom stereocenters. The highest BCUT2D eigenvalue weighted by Crippen LogP contribution is 2.19. The van der Waals surface area contributed by atoms with Crippen LogP contribution in [-0.4, -0.2) is 18.1 Å². The second-order valence-corrected chi connectivity index (χ2v) is 4.82. The van der Waals surface area contributed by atoms with Gasteiger partial charge in [-0.05, 0) is 11.1 Å². The average Bonchev–Trinajstić information content (AvgIpc) is 2.89. The van der Waals surface area contributed by atoms with Crippen LogP contribution >= 0.6 is 0 Å². The first-order valence-electron chi connectivity index (χ1n) is 6.46. The van der Waals surface area contributed by atoms with Gasteiger partial charge in [-0.15, -0.1) is 0 Å². The maximum Gasteiger partial charge on any atom is 0.0489 e. The first-order valence-corrected chi connectivity index (χ1v) is 6.46. The van der Waals surface area contributed by atoms with E-state index in [1.807, 2.05) is 0 Å². The minimum Gasteiger partial charge on any atom is -0.296 e. The van der Waals surface area contributed by atoms with E-state index in [2.05, 4.69) is 70.9 Å². The molecule has 1 fully saturated rings. The van der Waals surface area contributed by atoms with Crippen molar-refractivity contribution < 1.29 is 0 Å². The van der Waals surface area contributed by atoms with Gasteiger partial charge < -0.3 is 0 Å². The molecule has 1 N–H and O–H groups in total. The van der Waals surface area contributed by atoms with Crippen molar-refractivity contribution in [2.75, 3.05) is 13.2 Å². The number of hydrogen-bond donors (Lipinski definition) is 1. The highest BCUT2D eigenvalue weighted by molar-refractivity contribution is 5.21. The van der Waals surface area contributed by atoms with Gasteiger partial charge in [0.2, 0.25) is 0 Å². The summed E-state index contributed by atoms with van der Waals surface area (Å²) in [6.07, 6.45) is 0. The third-order valence-electron chi connectivity index (χ3n) is 3.45. The van der Waals surface area contributed by atoms with Crippen LogP contribution in [0.4, 0.5) is 0 Å². The van der Waals surface area contributed by atoms with Crippen molar-refractivity contribution in [3.05, 3.63) is 71.8 Å². The van der Waals surface area contributed by atoms with Crippen molar-refractivity contribution in [2.24, 2.45) is 0 Å². The first kappa shape index (κ1) is 11.5. The summed E-state index contributed by atoms with van der Waals surface area (Å²) in [6.45, 7) is 3.07. The molecule has 2 aromatic carbocycles. The van der Waals surface area contributed by atoms with Crippen LogP contribution in [0.1, 0.15) is 17.2 Å². The summed E-state index contributed by atoms with van der Waals surface area (Å²) in [5.41, 5.74) is 2.76. The number of benzene rings is 2. The number of nitrogens with one attached hydrogen (secondary N) is 1. The van der Waals surface area contributed by atoms with E-state index in [0.717, 1.165) is 19.8 Å². The normalized spacial score (nSPS) is 20.1. The zero-order valence-corrected chi connectivity index (χ0v) is 10.4. The van der Waals surface area contributed by atoms with Crippen LogP contribution in [0.5, 0.6) is 0 Å². The third-order valence-corrected chi connectivity index (χ3v) is 3.45. The summed E-state index contributed by atoms with van der Waals surface area (Å²) in [5.74, 6) is 0. The Bertz CT molecular complexity index is 481. The van der Waals surface area contributed by atoms with E-state index >= 15 is 0 Å². The molecule has 1 aliphatic heterocycles. The van der Waals surface area contributed by atoms with Crippen molar-refractivity contribution in [3.63, 3.8) is 0 Å². The topological polar surface area (TPSA) is 15.3 Å². The summed E-state index contributed by atoms with van der Waals surface area (Å²) in [5, 5.41) is 3.57. The van der Waals surface area contributed by atoms with E-state index in [1.165, 1.54) is 11.1 Å². The van der Waals surface area contributed by atoms with Crippen molar-refractivity contribution in [3.8, 4) is 0 Å². The maximum absolute atomic E-state index is 3.57. The Morgan fingerprint density at radius 1 is 0.944 bits per heavy atom. The fourth-order valence-corrected chi connectivity index (χ4v) is 2.50. The zero-order valence-electron chi connectivity index (χ0n) is 10.4. The Labute approximate surface area is 108 Å². The van der Waals surface area contributed by atoms with Crippen LogP contribution < -0.4 is 5.32 Å². The predicted octanol–water partition coefficient (Wildman–Crippen LogP) is 2.79. The minimum atomic E-state index is 0.468. The molecule has 0 bridgehead atoms. The summed E-state index contributed by atoms with van der Waals surface area (Å²) < 4.78 is 0. The molecular formula is C16H18N2. The Kier molecular flexibility index (Phi) is 3.40. The average molecular weight is 238 g/mol. The molecule has 1 unspecified atom stereocenters. The Morgan fingerprint density at radius 3 is 2.33 bits per heavy atom. The van der Waals surface area contributed by atoms with Gasteiger partial charge >= 0.3 is 0 Å². The summed E-state index contributed by atoms with van der Waals surface area (Å²) >= 11 is 0. The second kappa shape index (κ2) is 5.34. The van der Waals surface area contributed by atoms with E-state index in [0.29, 0.717) is 6.04 Å². The highest BCUT2D eigenvalue weighted by atomic mass is 15.3. The lowest BCUT2D eigenvalue weighted by Crippen LogP contribution is -2.21. The Hall–Kier alpha value is -1.64. The molecule has 0 aliphatic carbocycles.